The van der Waals surface area contributed by atoms with Crippen LogP contribution in [0.3, 0.4) is 0 Å². The van der Waals surface area contributed by atoms with Gasteiger partial charge >= 0.3 is 0 Å². The van der Waals surface area contributed by atoms with Crippen molar-refractivity contribution in [3.8, 4) is 0 Å². The van der Waals surface area contributed by atoms with E-state index in [0.29, 0.717) is 18.0 Å². The molecule has 19 heavy (non-hydrogen) atoms. The van der Waals surface area contributed by atoms with Crippen molar-refractivity contribution in [3.63, 3.8) is 0 Å². The quantitative estimate of drug-likeness (QED) is 0.882. The molecule has 0 amide bonds. The third kappa shape index (κ3) is 3.69. The van der Waals surface area contributed by atoms with Gasteiger partial charge in [-0.1, -0.05) is 33.8 Å². The van der Waals surface area contributed by atoms with Crippen LogP contribution in [0.15, 0.2) is 18.2 Å². The fourth-order valence-corrected chi connectivity index (χ4v) is 2.80. The Balaban J connectivity index is 2.09. The lowest BCUT2D eigenvalue weighted by Gasteiger charge is -2.29. The molecule has 1 aliphatic rings. The van der Waals surface area contributed by atoms with Crippen molar-refractivity contribution in [2.75, 3.05) is 11.4 Å². The standard InChI is InChI=1S/C16H27N3/c1-12(2)15-8-6-10-19(15)16-9-5-7-14(18-16)11-17-13(3)4/h5,7,9,12-13,15,17H,6,8,10-11H2,1-4H3. The zero-order chi connectivity index (χ0) is 13.8. The van der Waals surface area contributed by atoms with Gasteiger partial charge in [0.15, 0.2) is 0 Å². The second-order valence-corrected chi connectivity index (χ2v) is 6.17. The summed E-state index contributed by atoms with van der Waals surface area (Å²) in [5.74, 6) is 1.85. The lowest BCUT2D eigenvalue weighted by Crippen LogP contribution is -2.34. The van der Waals surface area contributed by atoms with Crippen molar-refractivity contribution in [1.29, 1.82) is 0 Å². The van der Waals surface area contributed by atoms with Crippen LogP contribution in [-0.4, -0.2) is 23.6 Å². The van der Waals surface area contributed by atoms with Crippen LogP contribution in [0.25, 0.3) is 0 Å². The minimum absolute atomic E-state index is 0.501. The molecule has 1 unspecified atom stereocenters. The molecule has 2 rings (SSSR count). The second-order valence-electron chi connectivity index (χ2n) is 6.17. The van der Waals surface area contributed by atoms with Crippen LogP contribution in [0, 0.1) is 5.92 Å². The summed E-state index contributed by atoms with van der Waals surface area (Å²) in [7, 11) is 0. The highest BCUT2D eigenvalue weighted by Gasteiger charge is 2.27. The topological polar surface area (TPSA) is 28.2 Å². The predicted octanol–water partition coefficient (Wildman–Crippen LogP) is 3.20. The van der Waals surface area contributed by atoms with Crippen LogP contribution >= 0.6 is 0 Å². The third-order valence-corrected chi connectivity index (χ3v) is 3.85. The first kappa shape index (κ1) is 14.3. The van der Waals surface area contributed by atoms with Gasteiger partial charge in [-0.2, -0.15) is 0 Å². The van der Waals surface area contributed by atoms with E-state index in [1.807, 2.05) is 0 Å². The van der Waals surface area contributed by atoms with Gasteiger partial charge < -0.3 is 10.2 Å². The van der Waals surface area contributed by atoms with E-state index in [4.69, 9.17) is 4.98 Å². The van der Waals surface area contributed by atoms with Crippen molar-refractivity contribution in [2.45, 2.75) is 59.2 Å². The normalized spacial score (nSPS) is 19.7. The molecule has 1 N–H and O–H groups in total. The minimum atomic E-state index is 0.501. The molecule has 1 saturated heterocycles. The van der Waals surface area contributed by atoms with E-state index in [2.05, 4.69) is 56.1 Å². The highest BCUT2D eigenvalue weighted by atomic mass is 15.2. The molecule has 1 aliphatic heterocycles. The van der Waals surface area contributed by atoms with Gasteiger partial charge in [0.05, 0.1) is 5.69 Å². The van der Waals surface area contributed by atoms with E-state index in [0.717, 1.165) is 24.6 Å². The Morgan fingerprint density at radius 1 is 1.32 bits per heavy atom. The zero-order valence-electron chi connectivity index (χ0n) is 12.7. The van der Waals surface area contributed by atoms with Crippen molar-refractivity contribution in [3.05, 3.63) is 23.9 Å². The lowest BCUT2D eigenvalue weighted by atomic mass is 10.0. The van der Waals surface area contributed by atoms with Gasteiger partial charge in [0.1, 0.15) is 5.82 Å². The Morgan fingerprint density at radius 3 is 2.79 bits per heavy atom. The number of hydrogen-bond acceptors (Lipinski definition) is 3. The highest BCUT2D eigenvalue weighted by molar-refractivity contribution is 5.42. The van der Waals surface area contributed by atoms with Gasteiger partial charge in [-0.25, -0.2) is 4.98 Å². The third-order valence-electron chi connectivity index (χ3n) is 3.85. The van der Waals surface area contributed by atoms with E-state index in [1.165, 1.54) is 12.8 Å². The maximum absolute atomic E-state index is 4.82. The van der Waals surface area contributed by atoms with Gasteiger partial charge in [0, 0.05) is 25.2 Å². The molecular formula is C16H27N3. The molecule has 3 heteroatoms. The van der Waals surface area contributed by atoms with Crippen LogP contribution in [0.4, 0.5) is 5.82 Å². The summed E-state index contributed by atoms with van der Waals surface area (Å²) in [4.78, 5) is 7.31. The Bertz CT molecular complexity index is 401. The molecule has 2 heterocycles. The first-order valence-electron chi connectivity index (χ1n) is 7.54. The van der Waals surface area contributed by atoms with E-state index < -0.39 is 0 Å². The largest absolute Gasteiger partial charge is 0.353 e. The molecule has 1 fully saturated rings. The maximum atomic E-state index is 4.82. The molecule has 0 aromatic carbocycles. The van der Waals surface area contributed by atoms with E-state index in [9.17, 15) is 0 Å². The second kappa shape index (κ2) is 6.38. The van der Waals surface area contributed by atoms with Crippen LogP contribution in [0.1, 0.15) is 46.2 Å². The van der Waals surface area contributed by atoms with Crippen LogP contribution < -0.4 is 10.2 Å². The minimum Gasteiger partial charge on any atom is -0.353 e. The molecule has 0 radical (unpaired) electrons. The van der Waals surface area contributed by atoms with E-state index >= 15 is 0 Å². The molecule has 0 spiro atoms. The number of aromatic nitrogens is 1. The number of hydrogen-bond donors (Lipinski definition) is 1. The predicted molar refractivity (Wildman–Crippen MR) is 81.4 cm³/mol. The Morgan fingerprint density at radius 2 is 2.11 bits per heavy atom. The highest BCUT2D eigenvalue weighted by Crippen LogP contribution is 2.28. The lowest BCUT2D eigenvalue weighted by molar-refractivity contribution is 0.489. The monoisotopic (exact) mass is 261 g/mol. The molecule has 106 valence electrons. The van der Waals surface area contributed by atoms with Crippen LogP contribution in [0.5, 0.6) is 0 Å². The summed E-state index contributed by atoms with van der Waals surface area (Å²) in [6.07, 6.45) is 2.59. The summed E-state index contributed by atoms with van der Waals surface area (Å²) in [6, 6.07) is 7.55. The number of rotatable bonds is 5. The Labute approximate surface area is 117 Å². The van der Waals surface area contributed by atoms with Crippen molar-refractivity contribution in [1.82, 2.24) is 10.3 Å². The molecule has 1 aromatic rings. The molecule has 0 saturated carbocycles. The summed E-state index contributed by atoms with van der Waals surface area (Å²) in [5, 5.41) is 3.43. The van der Waals surface area contributed by atoms with Gasteiger partial charge in [0.2, 0.25) is 0 Å². The number of nitrogens with one attached hydrogen (secondary N) is 1. The number of anilines is 1. The van der Waals surface area contributed by atoms with Crippen molar-refractivity contribution >= 4 is 5.82 Å². The van der Waals surface area contributed by atoms with E-state index in [1.54, 1.807) is 0 Å². The van der Waals surface area contributed by atoms with Gasteiger partial charge in [0.25, 0.3) is 0 Å². The summed E-state index contributed by atoms with van der Waals surface area (Å²) >= 11 is 0. The van der Waals surface area contributed by atoms with Gasteiger partial charge in [-0.3, -0.25) is 0 Å². The van der Waals surface area contributed by atoms with E-state index in [-0.39, 0.29) is 0 Å². The van der Waals surface area contributed by atoms with Gasteiger partial charge in [-0.15, -0.1) is 0 Å². The average molecular weight is 261 g/mol. The fraction of sp³-hybridized carbons (Fsp3) is 0.688. The summed E-state index contributed by atoms with van der Waals surface area (Å²) < 4.78 is 0. The van der Waals surface area contributed by atoms with Crippen LogP contribution in [0.2, 0.25) is 0 Å². The number of pyridine rings is 1. The zero-order valence-corrected chi connectivity index (χ0v) is 12.7. The first-order valence-corrected chi connectivity index (χ1v) is 7.54. The fourth-order valence-electron chi connectivity index (χ4n) is 2.80. The van der Waals surface area contributed by atoms with Crippen molar-refractivity contribution < 1.29 is 0 Å². The van der Waals surface area contributed by atoms with Crippen LogP contribution in [-0.2, 0) is 6.54 Å². The Hall–Kier alpha value is -1.09. The molecule has 3 nitrogen and oxygen atoms in total. The average Bonchev–Trinajstić information content (AvgIpc) is 2.86. The summed E-state index contributed by atoms with van der Waals surface area (Å²) in [6.45, 7) is 11.0. The van der Waals surface area contributed by atoms with Gasteiger partial charge in [-0.05, 0) is 30.9 Å². The summed E-state index contributed by atoms with van der Waals surface area (Å²) in [5.41, 5.74) is 1.14. The van der Waals surface area contributed by atoms with Crippen molar-refractivity contribution in [2.24, 2.45) is 5.92 Å². The molecule has 0 aliphatic carbocycles. The maximum Gasteiger partial charge on any atom is 0.129 e. The Kier molecular flexibility index (Phi) is 4.81. The smallest absolute Gasteiger partial charge is 0.129 e. The first-order chi connectivity index (χ1) is 9.08. The SMILES string of the molecule is CC(C)NCc1cccc(N2CCCC2C(C)C)n1. The molecular weight excluding hydrogens is 234 g/mol. The molecule has 1 atom stereocenters. The molecule has 0 bridgehead atoms. The number of nitrogens with zero attached hydrogens (tertiary/aromatic N) is 2. The molecule has 1 aromatic heterocycles.